The number of aromatic amines is 1. The molecule has 0 aliphatic carbocycles. The first-order valence-corrected chi connectivity index (χ1v) is 3.75. The quantitative estimate of drug-likeness (QED) is 0.489. The van der Waals surface area contributed by atoms with Crippen molar-refractivity contribution in [2.45, 2.75) is 0 Å². The topological polar surface area (TPSA) is 76.2 Å². The Bertz CT molecular complexity index is 299. The predicted molar refractivity (Wildman–Crippen MR) is 46.3 cm³/mol. The number of anilines is 1. The summed E-state index contributed by atoms with van der Waals surface area (Å²) in [6, 6.07) is 1.59. The molecule has 1 aromatic heterocycles. The molecule has 2 N–H and O–H groups in total. The molecule has 0 amide bonds. The monoisotopic (exact) mass is 185 g/mol. The summed E-state index contributed by atoms with van der Waals surface area (Å²) in [7, 11) is 1.58. The summed E-state index contributed by atoms with van der Waals surface area (Å²) >= 11 is 0. The minimum Gasteiger partial charge on any atom is -0.382 e. The zero-order valence-corrected chi connectivity index (χ0v) is 7.24. The Balaban J connectivity index is 2.33. The Morgan fingerprint density at radius 1 is 1.62 bits per heavy atom. The van der Waals surface area contributed by atoms with Crippen LogP contribution >= 0.6 is 0 Å². The largest absolute Gasteiger partial charge is 0.382 e. The zero-order valence-electron chi connectivity index (χ0n) is 7.24. The summed E-state index contributed by atoms with van der Waals surface area (Å²) < 4.78 is 4.75. The van der Waals surface area contributed by atoms with E-state index in [-0.39, 0.29) is 0 Å². The summed E-state index contributed by atoms with van der Waals surface area (Å²) in [6.45, 7) is 0.892. The van der Waals surface area contributed by atoms with Crippen LogP contribution in [0.5, 0.6) is 0 Å². The molecule has 0 unspecified atom stereocenters. The number of rotatable bonds is 5. The van der Waals surface area contributed by atoms with E-state index < -0.39 is 5.69 Å². The summed E-state index contributed by atoms with van der Waals surface area (Å²) in [5.41, 5.74) is 2.13. The summed E-state index contributed by atoms with van der Waals surface area (Å²) in [4.78, 5) is 21.5. The van der Waals surface area contributed by atoms with Gasteiger partial charge in [-0.25, -0.2) is 9.78 Å². The Hall–Kier alpha value is -1.40. The number of H-pyrrole nitrogens is 1. The fourth-order valence-electron chi connectivity index (χ4n) is 0.682. The molecule has 1 rings (SSSR count). The Morgan fingerprint density at radius 3 is 3.15 bits per heavy atom. The third-order valence-electron chi connectivity index (χ3n) is 1.25. The molecular weight excluding hydrogens is 174 g/mol. The van der Waals surface area contributed by atoms with E-state index in [1.165, 1.54) is 6.20 Å². The van der Waals surface area contributed by atoms with E-state index in [0.717, 1.165) is 0 Å². The molecule has 72 valence electrons. The molecule has 0 saturated carbocycles. The van der Waals surface area contributed by atoms with Gasteiger partial charge >= 0.3 is 5.69 Å². The van der Waals surface area contributed by atoms with E-state index in [4.69, 9.17) is 9.57 Å². The molecule has 1 heterocycles. The van der Waals surface area contributed by atoms with E-state index in [0.29, 0.717) is 19.0 Å². The van der Waals surface area contributed by atoms with E-state index in [1.54, 1.807) is 13.2 Å². The van der Waals surface area contributed by atoms with Crippen LogP contribution in [0.4, 0.5) is 5.82 Å². The van der Waals surface area contributed by atoms with E-state index in [1.807, 2.05) is 0 Å². The molecule has 0 saturated heterocycles. The van der Waals surface area contributed by atoms with Gasteiger partial charge in [-0.05, 0) is 6.07 Å². The van der Waals surface area contributed by atoms with Gasteiger partial charge in [0.05, 0.1) is 13.2 Å². The van der Waals surface area contributed by atoms with Crippen LogP contribution < -0.4 is 11.2 Å². The predicted octanol–water partition coefficient (Wildman–Crippen LogP) is -0.240. The van der Waals surface area contributed by atoms with Crippen molar-refractivity contribution in [3.05, 3.63) is 22.7 Å². The van der Waals surface area contributed by atoms with Crippen molar-refractivity contribution in [2.24, 2.45) is 0 Å². The highest BCUT2D eigenvalue weighted by molar-refractivity contribution is 5.27. The van der Waals surface area contributed by atoms with Crippen molar-refractivity contribution in [2.75, 3.05) is 25.8 Å². The number of hydrogen-bond acceptors (Lipinski definition) is 5. The first-order chi connectivity index (χ1) is 6.33. The van der Waals surface area contributed by atoms with Gasteiger partial charge in [0, 0.05) is 13.3 Å². The van der Waals surface area contributed by atoms with Gasteiger partial charge in [-0.3, -0.25) is 15.3 Å². The van der Waals surface area contributed by atoms with Gasteiger partial charge in [-0.1, -0.05) is 0 Å². The molecule has 0 aliphatic heterocycles. The lowest BCUT2D eigenvalue weighted by Gasteiger charge is -2.04. The summed E-state index contributed by atoms with van der Waals surface area (Å²) in [5.74, 6) is 0.469. The van der Waals surface area contributed by atoms with Crippen molar-refractivity contribution >= 4 is 5.82 Å². The van der Waals surface area contributed by atoms with Crippen molar-refractivity contribution in [3.63, 3.8) is 0 Å². The first-order valence-electron chi connectivity index (χ1n) is 3.75. The van der Waals surface area contributed by atoms with E-state index in [2.05, 4.69) is 15.4 Å². The van der Waals surface area contributed by atoms with Crippen LogP contribution in [-0.4, -0.2) is 30.3 Å². The molecule has 0 fully saturated rings. The van der Waals surface area contributed by atoms with Crippen LogP contribution in [0.2, 0.25) is 0 Å². The third kappa shape index (κ3) is 3.68. The standard InChI is InChI=1S/C7H11N3O3/c1-12-4-5-13-10-6-2-3-8-7(11)9-6/h2-3H,4-5H2,1H3,(H2,8,9,10,11). The SMILES string of the molecule is COCCONc1ccnc(=O)[nH]1. The molecule has 0 bridgehead atoms. The number of nitrogens with zero attached hydrogens (tertiary/aromatic N) is 1. The lowest BCUT2D eigenvalue weighted by Crippen LogP contribution is -2.14. The van der Waals surface area contributed by atoms with Crippen molar-refractivity contribution in [3.8, 4) is 0 Å². The zero-order chi connectivity index (χ0) is 9.52. The molecule has 0 radical (unpaired) electrons. The van der Waals surface area contributed by atoms with Gasteiger partial charge in [0.25, 0.3) is 0 Å². The number of methoxy groups -OCH3 is 1. The highest BCUT2D eigenvalue weighted by Crippen LogP contribution is 1.94. The van der Waals surface area contributed by atoms with Crippen LogP contribution in [0, 0.1) is 0 Å². The van der Waals surface area contributed by atoms with Crippen LogP contribution in [-0.2, 0) is 9.57 Å². The maximum absolute atomic E-state index is 10.7. The molecule has 0 aliphatic rings. The fourth-order valence-corrected chi connectivity index (χ4v) is 0.682. The third-order valence-corrected chi connectivity index (χ3v) is 1.25. The smallest absolute Gasteiger partial charge is 0.346 e. The van der Waals surface area contributed by atoms with Crippen molar-refractivity contribution < 1.29 is 9.57 Å². The number of nitrogens with one attached hydrogen (secondary N) is 2. The van der Waals surface area contributed by atoms with Crippen molar-refractivity contribution in [1.29, 1.82) is 0 Å². The van der Waals surface area contributed by atoms with E-state index >= 15 is 0 Å². The average molecular weight is 185 g/mol. The molecule has 1 aromatic rings. The van der Waals surface area contributed by atoms with Gasteiger partial charge in [-0.15, -0.1) is 0 Å². The maximum Gasteiger partial charge on any atom is 0.346 e. The molecule has 13 heavy (non-hydrogen) atoms. The fraction of sp³-hybridized carbons (Fsp3) is 0.429. The lowest BCUT2D eigenvalue weighted by molar-refractivity contribution is 0.100. The normalized spacial score (nSPS) is 9.92. The molecular formula is C7H11N3O3. The highest BCUT2D eigenvalue weighted by atomic mass is 16.7. The van der Waals surface area contributed by atoms with Gasteiger partial charge in [0.15, 0.2) is 0 Å². The summed E-state index contributed by atoms with van der Waals surface area (Å²) in [5, 5.41) is 0. The average Bonchev–Trinajstić information content (AvgIpc) is 2.13. The second-order valence-electron chi connectivity index (χ2n) is 2.23. The van der Waals surface area contributed by atoms with E-state index in [9.17, 15) is 4.79 Å². The van der Waals surface area contributed by atoms with Crippen LogP contribution in [0.15, 0.2) is 17.1 Å². The maximum atomic E-state index is 10.7. The van der Waals surface area contributed by atoms with Gasteiger partial charge in [0.2, 0.25) is 0 Å². The minimum absolute atomic E-state index is 0.404. The molecule has 6 heteroatoms. The Kier molecular flexibility index (Phi) is 3.94. The Morgan fingerprint density at radius 2 is 2.46 bits per heavy atom. The number of ether oxygens (including phenoxy) is 1. The molecule has 0 spiro atoms. The minimum atomic E-state index is -0.416. The number of hydrogen-bond donors (Lipinski definition) is 2. The first kappa shape index (κ1) is 9.69. The highest BCUT2D eigenvalue weighted by Gasteiger charge is 1.91. The molecule has 0 atom stereocenters. The molecule has 0 aromatic carbocycles. The van der Waals surface area contributed by atoms with Gasteiger partial charge in [0.1, 0.15) is 5.82 Å². The van der Waals surface area contributed by atoms with Crippen LogP contribution in [0.25, 0.3) is 0 Å². The lowest BCUT2D eigenvalue weighted by atomic mass is 10.6. The molecule has 6 nitrogen and oxygen atoms in total. The number of aromatic nitrogens is 2. The summed E-state index contributed by atoms with van der Waals surface area (Å²) in [6.07, 6.45) is 1.39. The van der Waals surface area contributed by atoms with Crippen LogP contribution in [0.3, 0.4) is 0 Å². The Labute approximate surface area is 74.9 Å². The second-order valence-corrected chi connectivity index (χ2v) is 2.23. The van der Waals surface area contributed by atoms with Gasteiger partial charge < -0.3 is 4.74 Å². The van der Waals surface area contributed by atoms with Crippen LogP contribution in [0.1, 0.15) is 0 Å². The van der Waals surface area contributed by atoms with Gasteiger partial charge in [-0.2, -0.15) is 0 Å². The van der Waals surface area contributed by atoms with Crippen molar-refractivity contribution in [1.82, 2.24) is 9.97 Å². The second kappa shape index (κ2) is 5.28.